The average molecular weight is 413 g/mol. The van der Waals surface area contributed by atoms with Crippen molar-refractivity contribution in [3.8, 4) is 5.75 Å². The summed E-state index contributed by atoms with van der Waals surface area (Å²) in [5, 5.41) is 0. The standard InChI is InChI=1S/C20H16N2O3.BrH/c21-19(23)17-10-6-12-22(14-17)13-16-9-4-5-11-18(16)25-20(24)15-7-2-1-3-8-15;/h1-12,14H,13H2,(H-,21,23);1H. The fourth-order valence-corrected chi connectivity index (χ4v) is 2.43. The number of amides is 1. The van der Waals surface area contributed by atoms with E-state index in [1.807, 2.05) is 35.0 Å². The van der Waals surface area contributed by atoms with Crippen LogP contribution in [0, 0.1) is 0 Å². The Balaban J connectivity index is 0.00000243. The Labute approximate surface area is 161 Å². The molecule has 1 aromatic heterocycles. The molecule has 3 rings (SSSR count). The molecule has 0 saturated heterocycles. The molecular weight excluding hydrogens is 396 g/mol. The van der Waals surface area contributed by atoms with Crippen molar-refractivity contribution in [2.24, 2.45) is 5.73 Å². The Kier molecular flexibility index (Phi) is 6.63. The van der Waals surface area contributed by atoms with E-state index in [0.717, 1.165) is 5.56 Å². The number of halogens is 1. The monoisotopic (exact) mass is 412 g/mol. The van der Waals surface area contributed by atoms with Crippen molar-refractivity contribution in [2.75, 3.05) is 0 Å². The summed E-state index contributed by atoms with van der Waals surface area (Å²) in [4.78, 5) is 23.6. The highest BCUT2D eigenvalue weighted by Gasteiger charge is 2.14. The minimum absolute atomic E-state index is 0. The van der Waals surface area contributed by atoms with Gasteiger partial charge in [0.1, 0.15) is 11.3 Å². The second-order valence-corrected chi connectivity index (χ2v) is 5.49. The molecule has 0 saturated carbocycles. The van der Waals surface area contributed by atoms with Crippen LogP contribution in [-0.4, -0.2) is 11.9 Å². The number of hydrogen-bond acceptors (Lipinski definition) is 3. The maximum atomic E-state index is 12.3. The number of carbonyl (C=O) groups excluding carboxylic acids is 2. The van der Waals surface area contributed by atoms with Crippen LogP contribution in [0.2, 0.25) is 0 Å². The van der Waals surface area contributed by atoms with Crippen LogP contribution < -0.4 is 32.0 Å². The van der Waals surface area contributed by atoms with Crippen molar-refractivity contribution in [3.05, 3.63) is 95.8 Å². The van der Waals surface area contributed by atoms with Crippen LogP contribution in [0.4, 0.5) is 0 Å². The van der Waals surface area contributed by atoms with E-state index in [1.165, 1.54) is 0 Å². The SMILES string of the molecule is NC(=O)c1ccc[n+](Cc2ccccc2OC(=O)c2ccccc2)c1.[Br-]. The Morgan fingerprint density at radius 1 is 0.885 bits per heavy atom. The highest BCUT2D eigenvalue weighted by atomic mass is 79.9. The number of nitrogens with two attached hydrogens (primary N) is 1. The van der Waals surface area contributed by atoms with Crippen LogP contribution in [0.25, 0.3) is 0 Å². The molecule has 26 heavy (non-hydrogen) atoms. The topological polar surface area (TPSA) is 73.3 Å². The molecule has 0 fully saturated rings. The molecule has 0 aliphatic carbocycles. The van der Waals surface area contributed by atoms with Gasteiger partial charge in [0.25, 0.3) is 5.91 Å². The van der Waals surface area contributed by atoms with E-state index < -0.39 is 11.9 Å². The van der Waals surface area contributed by atoms with Crippen molar-refractivity contribution in [1.82, 2.24) is 0 Å². The molecular formula is C20H17BrN2O3. The molecule has 1 heterocycles. The summed E-state index contributed by atoms with van der Waals surface area (Å²) in [7, 11) is 0. The van der Waals surface area contributed by atoms with Gasteiger partial charge < -0.3 is 27.5 Å². The summed E-state index contributed by atoms with van der Waals surface area (Å²) in [5.74, 6) is -0.421. The molecule has 0 atom stereocenters. The van der Waals surface area contributed by atoms with Crippen molar-refractivity contribution in [2.45, 2.75) is 6.54 Å². The van der Waals surface area contributed by atoms with Crippen molar-refractivity contribution >= 4 is 11.9 Å². The van der Waals surface area contributed by atoms with Gasteiger partial charge in [-0.25, -0.2) is 4.79 Å². The summed E-state index contributed by atoms with van der Waals surface area (Å²) in [6, 6.07) is 19.5. The fourth-order valence-electron chi connectivity index (χ4n) is 2.43. The first-order valence-corrected chi connectivity index (χ1v) is 7.77. The molecule has 6 heteroatoms. The van der Waals surface area contributed by atoms with Crippen LogP contribution in [0.3, 0.4) is 0 Å². The second kappa shape index (κ2) is 8.92. The third-order valence-corrected chi connectivity index (χ3v) is 3.68. The molecule has 2 aromatic carbocycles. The molecule has 2 N–H and O–H groups in total. The lowest BCUT2D eigenvalue weighted by atomic mass is 10.2. The number of para-hydroxylation sites is 1. The van der Waals surface area contributed by atoms with Gasteiger partial charge in [0, 0.05) is 6.07 Å². The van der Waals surface area contributed by atoms with Crippen LogP contribution in [0.1, 0.15) is 26.3 Å². The number of esters is 1. The van der Waals surface area contributed by atoms with Gasteiger partial charge in [0.2, 0.25) is 0 Å². The number of rotatable bonds is 5. The van der Waals surface area contributed by atoms with Gasteiger partial charge >= 0.3 is 5.97 Å². The molecule has 0 unspecified atom stereocenters. The van der Waals surface area contributed by atoms with Crippen molar-refractivity contribution < 1.29 is 35.9 Å². The fraction of sp³-hybridized carbons (Fsp3) is 0.0500. The van der Waals surface area contributed by atoms with Gasteiger partial charge in [0.15, 0.2) is 18.9 Å². The van der Waals surface area contributed by atoms with E-state index >= 15 is 0 Å². The number of primary amides is 1. The average Bonchev–Trinajstić information content (AvgIpc) is 2.64. The van der Waals surface area contributed by atoms with Gasteiger partial charge in [0.05, 0.1) is 11.1 Å². The maximum Gasteiger partial charge on any atom is 0.343 e. The second-order valence-electron chi connectivity index (χ2n) is 5.49. The lowest BCUT2D eigenvalue weighted by molar-refractivity contribution is -0.688. The molecule has 3 aromatic rings. The zero-order valence-electron chi connectivity index (χ0n) is 13.8. The van der Waals surface area contributed by atoms with Gasteiger partial charge in [-0.1, -0.05) is 30.3 Å². The largest absolute Gasteiger partial charge is 1.00 e. The van der Waals surface area contributed by atoms with Gasteiger partial charge in [-0.3, -0.25) is 4.79 Å². The van der Waals surface area contributed by atoms with Crippen LogP contribution >= 0.6 is 0 Å². The van der Waals surface area contributed by atoms with E-state index in [4.69, 9.17) is 10.5 Å². The van der Waals surface area contributed by atoms with Gasteiger partial charge in [-0.05, 0) is 30.3 Å². The van der Waals surface area contributed by atoms with Crippen LogP contribution in [-0.2, 0) is 6.54 Å². The van der Waals surface area contributed by atoms with Crippen LogP contribution in [0.5, 0.6) is 5.75 Å². The van der Waals surface area contributed by atoms with E-state index in [0.29, 0.717) is 23.4 Å². The summed E-state index contributed by atoms with van der Waals surface area (Å²) < 4.78 is 7.35. The minimum Gasteiger partial charge on any atom is -1.00 e. The number of hydrogen-bond donors (Lipinski definition) is 1. The Morgan fingerprint density at radius 2 is 1.54 bits per heavy atom. The summed E-state index contributed by atoms with van der Waals surface area (Å²) in [6.45, 7) is 0.444. The number of pyridine rings is 1. The van der Waals surface area contributed by atoms with Crippen molar-refractivity contribution in [3.63, 3.8) is 0 Å². The molecule has 132 valence electrons. The zero-order chi connectivity index (χ0) is 17.6. The predicted octanol–water partition coefficient (Wildman–Crippen LogP) is -0.655. The first-order chi connectivity index (χ1) is 12.1. The van der Waals surface area contributed by atoms with Crippen molar-refractivity contribution in [1.29, 1.82) is 0 Å². The first kappa shape index (κ1) is 19.3. The normalized spacial score (nSPS) is 9.85. The molecule has 1 amide bonds. The Hall–Kier alpha value is -2.99. The third-order valence-electron chi connectivity index (χ3n) is 3.68. The maximum absolute atomic E-state index is 12.3. The molecule has 0 aliphatic heterocycles. The van der Waals surface area contributed by atoms with E-state index in [1.54, 1.807) is 48.7 Å². The Morgan fingerprint density at radius 3 is 2.27 bits per heavy atom. The molecule has 0 bridgehead atoms. The smallest absolute Gasteiger partial charge is 0.343 e. The lowest BCUT2D eigenvalue weighted by Gasteiger charge is -2.08. The minimum atomic E-state index is -0.488. The highest BCUT2D eigenvalue weighted by molar-refractivity contribution is 5.92. The van der Waals surface area contributed by atoms with E-state index in [-0.39, 0.29) is 17.0 Å². The number of ether oxygens (including phenoxy) is 1. The number of nitrogens with zero attached hydrogens (tertiary/aromatic N) is 1. The van der Waals surface area contributed by atoms with Gasteiger partial charge in [-0.2, -0.15) is 4.57 Å². The number of benzene rings is 2. The zero-order valence-corrected chi connectivity index (χ0v) is 15.4. The number of aromatic nitrogens is 1. The van der Waals surface area contributed by atoms with E-state index in [9.17, 15) is 9.59 Å². The molecule has 5 nitrogen and oxygen atoms in total. The quantitative estimate of drug-likeness (QED) is 0.343. The van der Waals surface area contributed by atoms with Crippen LogP contribution in [0.15, 0.2) is 79.1 Å². The molecule has 0 radical (unpaired) electrons. The highest BCUT2D eigenvalue weighted by Crippen LogP contribution is 2.19. The molecule has 0 aliphatic rings. The summed E-state index contributed by atoms with van der Waals surface area (Å²) in [5.41, 5.74) is 7.04. The predicted molar refractivity (Wildman–Crippen MR) is 92.1 cm³/mol. The first-order valence-electron chi connectivity index (χ1n) is 7.77. The molecule has 0 spiro atoms. The number of carbonyl (C=O) groups is 2. The third kappa shape index (κ3) is 4.77. The van der Waals surface area contributed by atoms with Gasteiger partial charge in [-0.15, -0.1) is 0 Å². The Bertz CT molecular complexity index is 914. The summed E-state index contributed by atoms with van der Waals surface area (Å²) >= 11 is 0. The summed E-state index contributed by atoms with van der Waals surface area (Å²) in [6.07, 6.45) is 3.49. The lowest BCUT2D eigenvalue weighted by Crippen LogP contribution is -3.00. The van der Waals surface area contributed by atoms with E-state index in [2.05, 4.69) is 0 Å².